The van der Waals surface area contributed by atoms with E-state index in [4.69, 9.17) is 5.84 Å². The topological polar surface area (TPSA) is 78.7 Å². The van der Waals surface area contributed by atoms with Gasteiger partial charge in [0.1, 0.15) is 0 Å². The van der Waals surface area contributed by atoms with Gasteiger partial charge in [-0.2, -0.15) is 0 Å². The predicted octanol–water partition coefficient (Wildman–Crippen LogP) is 0.406. The van der Waals surface area contributed by atoms with Gasteiger partial charge >= 0.3 is 0 Å². The molecule has 0 aromatic carbocycles. The van der Waals surface area contributed by atoms with Crippen molar-refractivity contribution < 1.29 is 9.59 Å². The second-order valence-corrected chi connectivity index (χ2v) is 5.92. The number of thiophene rings is 1. The summed E-state index contributed by atoms with van der Waals surface area (Å²) in [7, 11) is 1.88. The molecule has 0 unspecified atom stereocenters. The zero-order chi connectivity index (χ0) is 14.5. The maximum absolute atomic E-state index is 12.0. The summed E-state index contributed by atoms with van der Waals surface area (Å²) < 4.78 is 0. The number of carbonyl (C=O) groups excluding carboxylic acids is 2. The quantitative estimate of drug-likeness (QED) is 0.468. The monoisotopic (exact) mass is 296 g/mol. The van der Waals surface area contributed by atoms with Gasteiger partial charge in [-0.3, -0.25) is 19.9 Å². The minimum atomic E-state index is -0.283. The van der Waals surface area contributed by atoms with Crippen LogP contribution in [-0.4, -0.2) is 48.3 Å². The Morgan fingerprint density at radius 3 is 2.80 bits per heavy atom. The average molecular weight is 296 g/mol. The Bertz CT molecular complexity index is 482. The second-order valence-electron chi connectivity index (χ2n) is 5.01. The number of nitrogens with one attached hydrogen (secondary N) is 1. The van der Waals surface area contributed by atoms with Crippen LogP contribution in [0.3, 0.4) is 0 Å². The van der Waals surface area contributed by atoms with Crippen molar-refractivity contribution in [2.45, 2.75) is 19.4 Å². The molecule has 0 saturated carbocycles. The molecule has 110 valence electrons. The SMILES string of the molecule is CN(CC(=O)N1CCCC1)Cc1ccsc1C(=O)NN. The van der Waals surface area contributed by atoms with Crippen molar-refractivity contribution in [2.75, 3.05) is 26.7 Å². The number of likely N-dealkylation sites (tertiary alicyclic amines) is 1. The maximum atomic E-state index is 12.0. The van der Waals surface area contributed by atoms with E-state index in [0.29, 0.717) is 18.0 Å². The van der Waals surface area contributed by atoms with Crippen molar-refractivity contribution in [3.8, 4) is 0 Å². The summed E-state index contributed by atoms with van der Waals surface area (Å²) in [6, 6.07) is 1.89. The normalized spacial score (nSPS) is 14.8. The Kier molecular flexibility index (Phi) is 5.11. The highest BCUT2D eigenvalue weighted by atomic mass is 32.1. The van der Waals surface area contributed by atoms with Crippen LogP contribution in [0.2, 0.25) is 0 Å². The van der Waals surface area contributed by atoms with E-state index in [0.717, 1.165) is 31.5 Å². The first-order chi connectivity index (χ1) is 9.61. The minimum Gasteiger partial charge on any atom is -0.342 e. The summed E-state index contributed by atoms with van der Waals surface area (Å²) in [4.78, 5) is 28.1. The van der Waals surface area contributed by atoms with Gasteiger partial charge in [0.05, 0.1) is 11.4 Å². The smallest absolute Gasteiger partial charge is 0.275 e. The fourth-order valence-electron chi connectivity index (χ4n) is 2.37. The number of amides is 2. The standard InChI is InChI=1S/C13H20N4O2S/c1-16(9-11(18)17-5-2-3-6-17)8-10-4-7-20-12(10)13(19)15-14/h4,7H,2-3,5-6,8-9,14H2,1H3,(H,15,19). The van der Waals surface area contributed by atoms with E-state index in [1.807, 2.05) is 28.3 Å². The number of rotatable bonds is 5. The van der Waals surface area contributed by atoms with E-state index in [1.165, 1.54) is 11.3 Å². The van der Waals surface area contributed by atoms with Gasteiger partial charge in [-0.15, -0.1) is 11.3 Å². The van der Waals surface area contributed by atoms with Crippen LogP contribution in [0.5, 0.6) is 0 Å². The molecular weight excluding hydrogens is 276 g/mol. The Morgan fingerprint density at radius 1 is 1.45 bits per heavy atom. The first-order valence-corrected chi connectivity index (χ1v) is 7.53. The van der Waals surface area contributed by atoms with Crippen molar-refractivity contribution >= 4 is 23.2 Å². The number of likely N-dealkylation sites (N-methyl/N-ethyl adjacent to an activating group) is 1. The summed E-state index contributed by atoms with van der Waals surface area (Å²) >= 11 is 1.35. The fourth-order valence-corrected chi connectivity index (χ4v) is 3.19. The molecule has 6 nitrogen and oxygen atoms in total. The molecule has 1 aromatic heterocycles. The van der Waals surface area contributed by atoms with Crippen LogP contribution in [-0.2, 0) is 11.3 Å². The van der Waals surface area contributed by atoms with Crippen LogP contribution < -0.4 is 11.3 Å². The van der Waals surface area contributed by atoms with Gasteiger partial charge in [0.2, 0.25) is 5.91 Å². The molecule has 2 rings (SSSR count). The van der Waals surface area contributed by atoms with Gasteiger partial charge in [-0.1, -0.05) is 0 Å². The van der Waals surface area contributed by atoms with E-state index in [9.17, 15) is 9.59 Å². The van der Waals surface area contributed by atoms with Crippen LogP contribution in [0, 0.1) is 0 Å². The van der Waals surface area contributed by atoms with Gasteiger partial charge in [0, 0.05) is 19.6 Å². The van der Waals surface area contributed by atoms with Crippen molar-refractivity contribution in [3.05, 3.63) is 21.9 Å². The highest BCUT2D eigenvalue weighted by Crippen LogP contribution is 2.18. The van der Waals surface area contributed by atoms with Crippen LogP contribution in [0.25, 0.3) is 0 Å². The number of nitrogens with zero attached hydrogens (tertiary/aromatic N) is 2. The summed E-state index contributed by atoms with van der Waals surface area (Å²) in [5.41, 5.74) is 3.04. The lowest BCUT2D eigenvalue weighted by molar-refractivity contribution is -0.131. The van der Waals surface area contributed by atoms with Gasteiger partial charge in [-0.25, -0.2) is 5.84 Å². The summed E-state index contributed by atoms with van der Waals surface area (Å²) in [6.07, 6.45) is 2.20. The molecule has 0 bridgehead atoms. The second kappa shape index (κ2) is 6.83. The summed E-state index contributed by atoms with van der Waals surface area (Å²) in [5.74, 6) is 5.03. The molecule has 0 aliphatic carbocycles. The van der Waals surface area contributed by atoms with Crippen LogP contribution in [0.4, 0.5) is 0 Å². The molecule has 1 fully saturated rings. The van der Waals surface area contributed by atoms with Crippen molar-refractivity contribution in [1.29, 1.82) is 0 Å². The summed E-state index contributed by atoms with van der Waals surface area (Å²) in [5, 5.41) is 1.86. The molecule has 1 aliphatic rings. The van der Waals surface area contributed by atoms with Crippen molar-refractivity contribution in [3.63, 3.8) is 0 Å². The molecule has 1 aliphatic heterocycles. The third kappa shape index (κ3) is 3.56. The lowest BCUT2D eigenvalue weighted by atomic mass is 10.2. The number of hydrogen-bond donors (Lipinski definition) is 2. The number of hydrogen-bond acceptors (Lipinski definition) is 5. The molecular formula is C13H20N4O2S. The molecule has 2 amide bonds. The molecule has 1 aromatic rings. The van der Waals surface area contributed by atoms with Crippen molar-refractivity contribution in [2.24, 2.45) is 5.84 Å². The number of nitrogens with two attached hydrogens (primary N) is 1. The van der Waals surface area contributed by atoms with Gasteiger partial charge in [-0.05, 0) is 36.9 Å². The molecule has 1 saturated heterocycles. The van der Waals surface area contributed by atoms with E-state index < -0.39 is 0 Å². The van der Waals surface area contributed by atoms with E-state index >= 15 is 0 Å². The Labute approximate surface area is 122 Å². The van der Waals surface area contributed by atoms with Crippen LogP contribution >= 0.6 is 11.3 Å². The van der Waals surface area contributed by atoms with Crippen LogP contribution in [0.1, 0.15) is 28.1 Å². The molecule has 2 heterocycles. The zero-order valence-electron chi connectivity index (χ0n) is 11.6. The zero-order valence-corrected chi connectivity index (χ0v) is 12.4. The maximum Gasteiger partial charge on any atom is 0.275 e. The molecule has 0 atom stereocenters. The largest absolute Gasteiger partial charge is 0.342 e. The third-order valence-corrected chi connectivity index (χ3v) is 4.34. The van der Waals surface area contributed by atoms with Crippen LogP contribution in [0.15, 0.2) is 11.4 Å². The molecule has 20 heavy (non-hydrogen) atoms. The lowest BCUT2D eigenvalue weighted by Gasteiger charge is -2.21. The van der Waals surface area contributed by atoms with E-state index in [1.54, 1.807) is 0 Å². The van der Waals surface area contributed by atoms with Gasteiger partial charge in [0.15, 0.2) is 0 Å². The highest BCUT2D eigenvalue weighted by Gasteiger charge is 2.20. The molecule has 0 radical (unpaired) electrons. The molecule has 7 heteroatoms. The third-order valence-electron chi connectivity index (χ3n) is 3.39. The molecule has 0 spiro atoms. The average Bonchev–Trinajstić information content (AvgIpc) is 3.08. The Balaban J connectivity index is 1.91. The van der Waals surface area contributed by atoms with Crippen molar-refractivity contribution in [1.82, 2.24) is 15.2 Å². The van der Waals surface area contributed by atoms with Gasteiger partial charge < -0.3 is 4.90 Å². The Hall–Kier alpha value is -1.44. The summed E-state index contributed by atoms with van der Waals surface area (Å²) in [6.45, 7) is 2.67. The number of carbonyl (C=O) groups is 2. The number of nitrogen functional groups attached to an aromatic ring is 1. The fraction of sp³-hybridized carbons (Fsp3) is 0.538. The number of hydrazine groups is 1. The highest BCUT2D eigenvalue weighted by molar-refractivity contribution is 7.12. The van der Waals surface area contributed by atoms with E-state index in [-0.39, 0.29) is 11.8 Å². The predicted molar refractivity (Wildman–Crippen MR) is 78.1 cm³/mol. The molecule has 3 N–H and O–H groups in total. The minimum absolute atomic E-state index is 0.157. The Morgan fingerprint density at radius 2 is 2.15 bits per heavy atom. The lowest BCUT2D eigenvalue weighted by Crippen LogP contribution is -2.37. The first-order valence-electron chi connectivity index (χ1n) is 6.65. The first kappa shape index (κ1) is 15.0. The van der Waals surface area contributed by atoms with Gasteiger partial charge in [0.25, 0.3) is 5.91 Å². The van der Waals surface area contributed by atoms with E-state index in [2.05, 4.69) is 5.43 Å².